The monoisotopic (exact) mass is 315 g/mol. The average Bonchev–Trinajstić information content (AvgIpc) is 3.20. The largest absolute Gasteiger partial charge is 0.468 e. The maximum atomic E-state index is 5.61. The minimum atomic E-state index is 0.123. The molecule has 1 atom stereocenters. The fourth-order valence-corrected chi connectivity index (χ4v) is 2.74. The van der Waals surface area contributed by atoms with Crippen LogP contribution in [0.3, 0.4) is 0 Å². The van der Waals surface area contributed by atoms with Gasteiger partial charge in [-0.25, -0.2) is 9.97 Å². The van der Waals surface area contributed by atoms with E-state index in [4.69, 9.17) is 8.83 Å². The van der Waals surface area contributed by atoms with Gasteiger partial charge in [-0.15, -0.1) is 0 Å². The highest BCUT2D eigenvalue weighted by Crippen LogP contribution is 2.24. The lowest BCUT2D eigenvalue weighted by Gasteiger charge is -2.28. The van der Waals surface area contributed by atoms with E-state index in [9.17, 15) is 0 Å². The van der Waals surface area contributed by atoms with Gasteiger partial charge in [0.2, 0.25) is 0 Å². The molecule has 122 valence electrons. The number of aryl methyl sites for hydroxylation is 1. The predicted octanol–water partition coefficient (Wildman–Crippen LogP) is 3.01. The van der Waals surface area contributed by atoms with Gasteiger partial charge in [0.05, 0.1) is 12.3 Å². The zero-order valence-electron chi connectivity index (χ0n) is 13.6. The number of likely N-dealkylation sites (N-methyl/N-ethyl adjacent to an activating group) is 1. The highest BCUT2D eigenvalue weighted by Gasteiger charge is 2.21. The van der Waals surface area contributed by atoms with Gasteiger partial charge in [-0.2, -0.15) is 4.98 Å². The minimum absolute atomic E-state index is 0.123. The molecule has 0 aliphatic rings. The van der Waals surface area contributed by atoms with Crippen LogP contribution in [0.25, 0.3) is 11.2 Å². The summed E-state index contributed by atoms with van der Waals surface area (Å²) in [6.45, 7) is 8.62. The molecule has 1 N–H and O–H groups in total. The van der Waals surface area contributed by atoms with Crippen LogP contribution >= 0.6 is 0 Å². The molecular weight excluding hydrogens is 294 g/mol. The number of oxazole rings is 1. The Morgan fingerprint density at radius 1 is 1.26 bits per heavy atom. The summed E-state index contributed by atoms with van der Waals surface area (Å²) < 4.78 is 11.1. The predicted molar refractivity (Wildman–Crippen MR) is 87.2 cm³/mol. The molecule has 0 bridgehead atoms. The van der Waals surface area contributed by atoms with Crippen LogP contribution in [-0.4, -0.2) is 39.5 Å². The fraction of sp³-hybridized carbons (Fsp3) is 0.438. The number of furan rings is 1. The molecule has 3 aromatic rings. The fourth-order valence-electron chi connectivity index (χ4n) is 2.74. The Morgan fingerprint density at radius 3 is 2.78 bits per heavy atom. The first-order valence-electron chi connectivity index (χ1n) is 7.82. The Hall–Kier alpha value is -2.41. The topological polar surface area (TPSA) is 80.2 Å². The summed E-state index contributed by atoms with van der Waals surface area (Å²) in [7, 11) is 0. The van der Waals surface area contributed by atoms with Crippen molar-refractivity contribution in [1.29, 1.82) is 0 Å². The molecular formula is C16H21N5O2. The first-order chi connectivity index (χ1) is 11.2. The second-order valence-electron chi connectivity index (χ2n) is 5.24. The van der Waals surface area contributed by atoms with Gasteiger partial charge in [-0.05, 0) is 25.2 Å². The Kier molecular flexibility index (Phi) is 4.57. The van der Waals surface area contributed by atoms with E-state index >= 15 is 0 Å². The van der Waals surface area contributed by atoms with Gasteiger partial charge in [0.25, 0.3) is 5.71 Å². The third-order valence-electron chi connectivity index (χ3n) is 3.89. The lowest BCUT2D eigenvalue weighted by atomic mass is 10.2. The third kappa shape index (κ3) is 3.19. The number of aromatic nitrogens is 3. The number of hydrogen-bond acceptors (Lipinski definition) is 7. The number of nitrogens with one attached hydrogen (secondary N) is 1. The van der Waals surface area contributed by atoms with Gasteiger partial charge in [-0.3, -0.25) is 4.90 Å². The summed E-state index contributed by atoms with van der Waals surface area (Å²) in [5.41, 5.74) is 1.15. The molecule has 3 rings (SSSR count). The molecule has 0 spiro atoms. The van der Waals surface area contributed by atoms with Crippen LogP contribution in [0, 0.1) is 6.92 Å². The van der Waals surface area contributed by atoms with Crippen molar-refractivity contribution >= 4 is 17.0 Å². The SMILES string of the molecule is CCN(CC)[C@H](CNc1ncnc2oc(C)nc12)c1ccco1. The quantitative estimate of drug-likeness (QED) is 0.717. The number of fused-ring (bicyclic) bond motifs is 1. The number of anilines is 1. The Labute approximate surface area is 134 Å². The van der Waals surface area contributed by atoms with E-state index in [2.05, 4.69) is 39.0 Å². The van der Waals surface area contributed by atoms with Crippen LogP contribution in [0.2, 0.25) is 0 Å². The maximum absolute atomic E-state index is 5.61. The van der Waals surface area contributed by atoms with E-state index in [0.29, 0.717) is 29.5 Å². The normalized spacial score (nSPS) is 12.9. The molecule has 7 nitrogen and oxygen atoms in total. The van der Waals surface area contributed by atoms with Crippen molar-refractivity contribution in [3.8, 4) is 0 Å². The number of rotatable bonds is 7. The van der Waals surface area contributed by atoms with E-state index in [0.717, 1.165) is 18.8 Å². The Bertz CT molecular complexity index is 749. The minimum Gasteiger partial charge on any atom is -0.468 e. The zero-order valence-corrected chi connectivity index (χ0v) is 13.6. The lowest BCUT2D eigenvalue weighted by Crippen LogP contribution is -2.33. The molecule has 7 heteroatoms. The molecule has 0 aliphatic heterocycles. The van der Waals surface area contributed by atoms with Gasteiger partial charge in [0.15, 0.2) is 17.2 Å². The van der Waals surface area contributed by atoms with Crippen LogP contribution in [-0.2, 0) is 0 Å². The van der Waals surface area contributed by atoms with Crippen LogP contribution in [0.1, 0.15) is 31.5 Å². The zero-order chi connectivity index (χ0) is 16.2. The first-order valence-corrected chi connectivity index (χ1v) is 7.82. The van der Waals surface area contributed by atoms with E-state index in [1.165, 1.54) is 6.33 Å². The molecule has 0 saturated heterocycles. The molecule has 0 unspecified atom stereocenters. The molecule has 0 radical (unpaired) electrons. The van der Waals surface area contributed by atoms with Crippen LogP contribution in [0.4, 0.5) is 5.82 Å². The lowest BCUT2D eigenvalue weighted by molar-refractivity contribution is 0.202. The van der Waals surface area contributed by atoms with Crippen molar-refractivity contribution in [1.82, 2.24) is 19.9 Å². The molecule has 23 heavy (non-hydrogen) atoms. The van der Waals surface area contributed by atoms with E-state index < -0.39 is 0 Å². The van der Waals surface area contributed by atoms with Crippen molar-refractivity contribution in [2.75, 3.05) is 25.0 Å². The molecule has 3 heterocycles. The standard InChI is InChI=1S/C16H21N5O2/c1-4-21(5-2)12(13-7-6-8-22-13)9-17-15-14-16(19-10-18-15)23-11(3)20-14/h6-8,10,12H,4-5,9H2,1-3H3,(H,17,18,19)/t12-/m1/s1. The summed E-state index contributed by atoms with van der Waals surface area (Å²) in [4.78, 5) is 15.1. The molecule has 0 fully saturated rings. The highest BCUT2D eigenvalue weighted by molar-refractivity contribution is 5.80. The molecule has 0 saturated carbocycles. The van der Waals surface area contributed by atoms with Crippen LogP contribution in [0.5, 0.6) is 0 Å². The Balaban J connectivity index is 1.83. The van der Waals surface area contributed by atoms with Crippen molar-refractivity contribution in [3.05, 3.63) is 36.4 Å². The Morgan fingerprint density at radius 2 is 2.09 bits per heavy atom. The third-order valence-corrected chi connectivity index (χ3v) is 3.89. The second kappa shape index (κ2) is 6.78. The summed E-state index contributed by atoms with van der Waals surface area (Å²) in [5.74, 6) is 2.19. The molecule has 0 amide bonds. The van der Waals surface area contributed by atoms with Gasteiger partial charge in [-0.1, -0.05) is 13.8 Å². The second-order valence-corrected chi connectivity index (χ2v) is 5.24. The van der Waals surface area contributed by atoms with Crippen molar-refractivity contribution in [2.24, 2.45) is 0 Å². The van der Waals surface area contributed by atoms with E-state index in [1.54, 1.807) is 13.2 Å². The van der Waals surface area contributed by atoms with Crippen LogP contribution < -0.4 is 5.32 Å². The highest BCUT2D eigenvalue weighted by atomic mass is 16.4. The van der Waals surface area contributed by atoms with E-state index in [-0.39, 0.29) is 6.04 Å². The van der Waals surface area contributed by atoms with Crippen molar-refractivity contribution < 1.29 is 8.83 Å². The van der Waals surface area contributed by atoms with Crippen molar-refractivity contribution in [2.45, 2.75) is 26.8 Å². The van der Waals surface area contributed by atoms with Gasteiger partial charge >= 0.3 is 0 Å². The molecule has 0 aliphatic carbocycles. The van der Waals surface area contributed by atoms with Crippen LogP contribution in [0.15, 0.2) is 33.6 Å². The smallest absolute Gasteiger partial charge is 0.252 e. The number of nitrogens with zero attached hydrogens (tertiary/aromatic N) is 4. The van der Waals surface area contributed by atoms with E-state index in [1.807, 2.05) is 12.1 Å². The first kappa shape index (κ1) is 15.5. The summed E-state index contributed by atoms with van der Waals surface area (Å²) in [6.07, 6.45) is 3.18. The summed E-state index contributed by atoms with van der Waals surface area (Å²) in [5, 5.41) is 3.36. The van der Waals surface area contributed by atoms with Gasteiger partial charge in [0, 0.05) is 13.5 Å². The summed E-state index contributed by atoms with van der Waals surface area (Å²) >= 11 is 0. The summed E-state index contributed by atoms with van der Waals surface area (Å²) in [6, 6.07) is 4.04. The average molecular weight is 315 g/mol. The maximum Gasteiger partial charge on any atom is 0.252 e. The molecule has 3 aromatic heterocycles. The van der Waals surface area contributed by atoms with Gasteiger partial charge < -0.3 is 14.2 Å². The van der Waals surface area contributed by atoms with Gasteiger partial charge in [0.1, 0.15) is 12.1 Å². The van der Waals surface area contributed by atoms with Crippen molar-refractivity contribution in [3.63, 3.8) is 0 Å². The number of hydrogen-bond donors (Lipinski definition) is 1. The molecule has 0 aromatic carbocycles.